The Kier molecular flexibility index (Phi) is 8.66. The van der Waals surface area contributed by atoms with Gasteiger partial charge in [0.05, 0.1) is 29.4 Å². The summed E-state index contributed by atoms with van der Waals surface area (Å²) in [5, 5.41) is 3.38. The van der Waals surface area contributed by atoms with Crippen LogP contribution in [0.1, 0.15) is 33.6 Å². The van der Waals surface area contributed by atoms with Crippen molar-refractivity contribution in [3.05, 3.63) is 58.4 Å². The van der Waals surface area contributed by atoms with E-state index in [2.05, 4.69) is 15.1 Å². The summed E-state index contributed by atoms with van der Waals surface area (Å²) < 4.78 is 18.4. The van der Waals surface area contributed by atoms with Gasteiger partial charge in [0.15, 0.2) is 5.78 Å². The summed E-state index contributed by atoms with van der Waals surface area (Å²) in [6, 6.07) is 8.58. The standard InChI is InChI=1S/C24H30ClFN4O3/c1-29-10-11-30(9-3-4-22(31)16-5-7-17(26)8-6-16)15-18(14-29)28-24(32)19-12-20(25)21(27)13-23(19)33-2/h5-8,12-13,18H,3-4,9-11,14-15,27H2,1-2H3,(H,28,32). The Hall–Kier alpha value is -2.68. The zero-order chi connectivity index (χ0) is 24.0. The number of carbonyl (C=O) groups is 2. The van der Waals surface area contributed by atoms with Gasteiger partial charge in [0.2, 0.25) is 0 Å². The molecule has 0 aliphatic carbocycles. The smallest absolute Gasteiger partial charge is 0.255 e. The molecule has 9 heteroatoms. The van der Waals surface area contributed by atoms with Gasteiger partial charge in [0, 0.05) is 44.2 Å². The van der Waals surface area contributed by atoms with E-state index in [9.17, 15) is 14.0 Å². The molecule has 0 saturated carbocycles. The summed E-state index contributed by atoms with van der Waals surface area (Å²) in [7, 11) is 3.50. The van der Waals surface area contributed by atoms with Crippen LogP contribution < -0.4 is 15.8 Å². The van der Waals surface area contributed by atoms with E-state index in [1.54, 1.807) is 6.07 Å². The van der Waals surface area contributed by atoms with Crippen molar-refractivity contribution in [3.63, 3.8) is 0 Å². The number of anilines is 1. The van der Waals surface area contributed by atoms with Crippen molar-refractivity contribution >= 4 is 29.0 Å². The average Bonchev–Trinajstić information content (AvgIpc) is 2.96. The molecule has 2 aromatic rings. The first-order valence-corrected chi connectivity index (χ1v) is 11.3. The highest BCUT2D eigenvalue weighted by molar-refractivity contribution is 6.33. The molecule has 0 bridgehead atoms. The summed E-state index contributed by atoms with van der Waals surface area (Å²) in [6.45, 7) is 3.78. The number of rotatable bonds is 8. The summed E-state index contributed by atoms with van der Waals surface area (Å²) in [4.78, 5) is 29.7. The number of amides is 1. The van der Waals surface area contributed by atoms with Gasteiger partial charge < -0.3 is 20.7 Å². The number of halogens is 2. The number of benzene rings is 2. The van der Waals surface area contributed by atoms with Crippen LogP contribution in [0.3, 0.4) is 0 Å². The molecule has 3 N–H and O–H groups in total. The molecule has 7 nitrogen and oxygen atoms in total. The molecule has 1 fully saturated rings. The zero-order valence-corrected chi connectivity index (χ0v) is 19.7. The van der Waals surface area contributed by atoms with Crippen LogP contribution in [0, 0.1) is 5.82 Å². The van der Waals surface area contributed by atoms with Crippen molar-refractivity contribution in [2.24, 2.45) is 0 Å². The minimum absolute atomic E-state index is 0.000817. The monoisotopic (exact) mass is 476 g/mol. The van der Waals surface area contributed by atoms with E-state index in [0.717, 1.165) is 19.6 Å². The van der Waals surface area contributed by atoms with Crippen LogP contribution in [0.5, 0.6) is 5.75 Å². The predicted molar refractivity (Wildman–Crippen MR) is 128 cm³/mol. The van der Waals surface area contributed by atoms with E-state index in [4.69, 9.17) is 22.1 Å². The van der Waals surface area contributed by atoms with Crippen LogP contribution in [0.2, 0.25) is 5.02 Å². The van der Waals surface area contributed by atoms with Gasteiger partial charge in [-0.25, -0.2) is 4.39 Å². The maximum absolute atomic E-state index is 13.1. The lowest BCUT2D eigenvalue weighted by molar-refractivity contribution is 0.0921. The first-order chi connectivity index (χ1) is 15.8. The third-order valence-corrected chi connectivity index (χ3v) is 6.08. The largest absolute Gasteiger partial charge is 0.496 e. The lowest BCUT2D eigenvalue weighted by atomic mass is 10.1. The molecule has 0 spiro atoms. The van der Waals surface area contributed by atoms with Crippen LogP contribution in [-0.2, 0) is 0 Å². The lowest BCUT2D eigenvalue weighted by Crippen LogP contribution is -2.46. The Morgan fingerprint density at radius 2 is 1.94 bits per heavy atom. The fourth-order valence-electron chi connectivity index (χ4n) is 3.96. The molecular formula is C24H30ClFN4O3. The van der Waals surface area contributed by atoms with E-state index in [1.165, 1.54) is 37.4 Å². The minimum Gasteiger partial charge on any atom is -0.496 e. The van der Waals surface area contributed by atoms with E-state index in [-0.39, 0.29) is 23.5 Å². The van der Waals surface area contributed by atoms with Gasteiger partial charge in [0.1, 0.15) is 11.6 Å². The molecule has 2 aromatic carbocycles. The van der Waals surface area contributed by atoms with Crippen molar-refractivity contribution in [1.29, 1.82) is 0 Å². The number of methoxy groups -OCH3 is 1. The number of carbonyl (C=O) groups excluding carboxylic acids is 2. The second-order valence-corrected chi connectivity index (χ2v) is 8.75. The van der Waals surface area contributed by atoms with Crippen LogP contribution in [0.25, 0.3) is 0 Å². The summed E-state index contributed by atoms with van der Waals surface area (Å²) in [6.07, 6.45) is 1.07. The number of Topliss-reactive ketones (excluding diaryl/α,β-unsaturated/α-hetero) is 1. The lowest BCUT2D eigenvalue weighted by Gasteiger charge is -2.25. The molecule has 0 aromatic heterocycles. The van der Waals surface area contributed by atoms with Gasteiger partial charge in [-0.3, -0.25) is 14.5 Å². The van der Waals surface area contributed by atoms with Gasteiger partial charge >= 0.3 is 0 Å². The Labute approximate surface area is 198 Å². The summed E-state index contributed by atoms with van der Waals surface area (Å²) >= 11 is 6.11. The number of hydrogen-bond acceptors (Lipinski definition) is 6. The quantitative estimate of drug-likeness (QED) is 0.449. The molecular weight excluding hydrogens is 447 g/mol. The number of ketones is 1. The molecule has 33 heavy (non-hydrogen) atoms. The van der Waals surface area contributed by atoms with E-state index < -0.39 is 0 Å². The normalized spacial score (nSPS) is 17.4. The molecule has 1 aliphatic rings. The molecule has 3 rings (SSSR count). The van der Waals surface area contributed by atoms with Crippen LogP contribution in [0.4, 0.5) is 10.1 Å². The van der Waals surface area contributed by atoms with Gasteiger partial charge in [-0.05, 0) is 50.3 Å². The predicted octanol–water partition coefficient (Wildman–Crippen LogP) is 3.08. The minimum atomic E-state index is -0.354. The fourth-order valence-corrected chi connectivity index (χ4v) is 4.12. The maximum atomic E-state index is 13.1. The van der Waals surface area contributed by atoms with E-state index >= 15 is 0 Å². The summed E-state index contributed by atoms with van der Waals surface area (Å²) in [5.74, 6) is -0.265. The molecule has 1 atom stereocenters. The number of nitrogens with zero attached hydrogens (tertiary/aromatic N) is 2. The second-order valence-electron chi connectivity index (χ2n) is 8.34. The third-order valence-electron chi connectivity index (χ3n) is 5.75. The topological polar surface area (TPSA) is 87.9 Å². The molecule has 178 valence electrons. The number of likely N-dealkylation sites (N-methyl/N-ethyl adjacent to an activating group) is 1. The van der Waals surface area contributed by atoms with Crippen molar-refractivity contribution < 1.29 is 18.7 Å². The fraction of sp³-hybridized carbons (Fsp3) is 0.417. The molecule has 1 unspecified atom stereocenters. The number of ether oxygens (including phenoxy) is 1. The van der Waals surface area contributed by atoms with Gasteiger partial charge in [-0.1, -0.05) is 11.6 Å². The average molecular weight is 477 g/mol. The van der Waals surface area contributed by atoms with Crippen LogP contribution in [0.15, 0.2) is 36.4 Å². The first kappa shape index (κ1) is 25.0. The SMILES string of the molecule is COc1cc(N)c(Cl)cc1C(=O)NC1CN(C)CCN(CCCC(=O)c2ccc(F)cc2)C1. The van der Waals surface area contributed by atoms with Crippen molar-refractivity contribution in [2.45, 2.75) is 18.9 Å². The zero-order valence-electron chi connectivity index (χ0n) is 18.9. The Morgan fingerprint density at radius 1 is 1.21 bits per heavy atom. The number of nitrogens with one attached hydrogen (secondary N) is 1. The van der Waals surface area contributed by atoms with Crippen LogP contribution >= 0.6 is 11.6 Å². The Balaban J connectivity index is 1.58. The Morgan fingerprint density at radius 3 is 2.64 bits per heavy atom. The second kappa shape index (κ2) is 11.4. The third kappa shape index (κ3) is 6.90. The number of hydrogen-bond donors (Lipinski definition) is 2. The molecule has 1 amide bonds. The Bertz CT molecular complexity index is 986. The molecule has 1 saturated heterocycles. The van der Waals surface area contributed by atoms with E-state index in [1.807, 2.05) is 7.05 Å². The number of nitrogen functional groups attached to an aromatic ring is 1. The summed E-state index contributed by atoms with van der Waals surface area (Å²) in [5.41, 5.74) is 7.02. The van der Waals surface area contributed by atoms with Gasteiger partial charge in [-0.15, -0.1) is 0 Å². The van der Waals surface area contributed by atoms with E-state index in [0.29, 0.717) is 53.5 Å². The highest BCUT2D eigenvalue weighted by Gasteiger charge is 2.24. The van der Waals surface area contributed by atoms with Crippen molar-refractivity contribution in [1.82, 2.24) is 15.1 Å². The highest BCUT2D eigenvalue weighted by atomic mass is 35.5. The van der Waals surface area contributed by atoms with Gasteiger partial charge in [0.25, 0.3) is 5.91 Å². The first-order valence-electron chi connectivity index (χ1n) is 10.9. The highest BCUT2D eigenvalue weighted by Crippen LogP contribution is 2.28. The maximum Gasteiger partial charge on any atom is 0.255 e. The van der Waals surface area contributed by atoms with Crippen LogP contribution in [-0.4, -0.2) is 74.4 Å². The molecule has 1 aliphatic heterocycles. The van der Waals surface area contributed by atoms with Crippen molar-refractivity contribution in [2.75, 3.05) is 52.6 Å². The van der Waals surface area contributed by atoms with Gasteiger partial charge in [-0.2, -0.15) is 0 Å². The molecule has 0 radical (unpaired) electrons. The molecule has 1 heterocycles. The number of nitrogens with two attached hydrogens (primary N) is 1. The van der Waals surface area contributed by atoms with Crippen molar-refractivity contribution in [3.8, 4) is 5.75 Å².